The van der Waals surface area contributed by atoms with E-state index in [4.69, 9.17) is 0 Å². The average molecular weight is 209 g/mol. The molecule has 0 saturated heterocycles. The number of likely N-dealkylation sites (N-methyl/N-ethyl adjacent to an activating group) is 1. The van der Waals surface area contributed by atoms with Crippen molar-refractivity contribution in [2.24, 2.45) is 0 Å². The van der Waals surface area contributed by atoms with Crippen LogP contribution in [0.4, 0.5) is 0 Å². The standard InChI is InChI=1S/C11H19N3O/c1-4-13(3)11(15)9-14-6-5-10(8-14)7-12-2/h5-6,8,12H,4,7,9H2,1-3H3. The van der Waals surface area contributed by atoms with E-state index in [1.54, 1.807) is 4.90 Å². The van der Waals surface area contributed by atoms with Crippen LogP contribution in [0.1, 0.15) is 12.5 Å². The Kier molecular flexibility index (Phi) is 4.37. The molecule has 4 nitrogen and oxygen atoms in total. The Labute approximate surface area is 90.9 Å². The minimum Gasteiger partial charge on any atom is -0.345 e. The Morgan fingerprint density at radius 2 is 2.33 bits per heavy atom. The number of amides is 1. The normalized spacial score (nSPS) is 10.3. The third-order valence-corrected chi connectivity index (χ3v) is 2.41. The Bertz CT molecular complexity index is 319. The van der Waals surface area contributed by atoms with Gasteiger partial charge in [-0.2, -0.15) is 0 Å². The molecule has 1 rings (SSSR count). The van der Waals surface area contributed by atoms with Gasteiger partial charge in [0, 0.05) is 32.5 Å². The van der Waals surface area contributed by atoms with Crippen molar-refractivity contribution in [3.8, 4) is 0 Å². The van der Waals surface area contributed by atoms with Crippen molar-refractivity contribution in [2.75, 3.05) is 20.6 Å². The Morgan fingerprint density at radius 3 is 2.93 bits per heavy atom. The summed E-state index contributed by atoms with van der Waals surface area (Å²) >= 11 is 0. The minimum atomic E-state index is 0.143. The molecule has 4 heteroatoms. The maximum Gasteiger partial charge on any atom is 0.242 e. The van der Waals surface area contributed by atoms with Crippen LogP contribution in [0.2, 0.25) is 0 Å². The van der Waals surface area contributed by atoms with Gasteiger partial charge in [0.25, 0.3) is 0 Å². The zero-order chi connectivity index (χ0) is 11.3. The number of nitrogens with zero attached hydrogens (tertiary/aromatic N) is 2. The first kappa shape index (κ1) is 11.8. The van der Waals surface area contributed by atoms with E-state index in [0.29, 0.717) is 6.54 Å². The first-order valence-electron chi connectivity index (χ1n) is 5.20. The molecule has 0 aromatic carbocycles. The minimum absolute atomic E-state index is 0.143. The van der Waals surface area contributed by atoms with Crippen LogP contribution >= 0.6 is 0 Å². The smallest absolute Gasteiger partial charge is 0.242 e. The van der Waals surface area contributed by atoms with Gasteiger partial charge in [-0.25, -0.2) is 0 Å². The maximum absolute atomic E-state index is 11.6. The van der Waals surface area contributed by atoms with Gasteiger partial charge in [-0.1, -0.05) is 0 Å². The number of hydrogen-bond donors (Lipinski definition) is 1. The predicted octanol–water partition coefficient (Wildman–Crippen LogP) is 0.686. The van der Waals surface area contributed by atoms with Crippen LogP contribution in [0.3, 0.4) is 0 Å². The number of aromatic nitrogens is 1. The zero-order valence-electron chi connectivity index (χ0n) is 9.66. The molecule has 1 aromatic rings. The lowest BCUT2D eigenvalue weighted by Crippen LogP contribution is -2.29. The van der Waals surface area contributed by atoms with E-state index in [0.717, 1.165) is 13.1 Å². The van der Waals surface area contributed by atoms with Gasteiger partial charge in [0.1, 0.15) is 6.54 Å². The van der Waals surface area contributed by atoms with Crippen molar-refractivity contribution < 1.29 is 4.79 Å². The van der Waals surface area contributed by atoms with Gasteiger partial charge in [-0.05, 0) is 25.6 Å². The van der Waals surface area contributed by atoms with Crippen LogP contribution in [-0.2, 0) is 17.9 Å². The topological polar surface area (TPSA) is 37.3 Å². The summed E-state index contributed by atoms with van der Waals surface area (Å²) in [5.74, 6) is 0.143. The van der Waals surface area contributed by atoms with Crippen LogP contribution in [0.25, 0.3) is 0 Å². The molecule has 0 aliphatic rings. The molecule has 0 saturated carbocycles. The largest absolute Gasteiger partial charge is 0.345 e. The molecule has 15 heavy (non-hydrogen) atoms. The molecule has 0 radical (unpaired) electrons. The highest BCUT2D eigenvalue weighted by atomic mass is 16.2. The molecule has 0 aliphatic carbocycles. The fourth-order valence-corrected chi connectivity index (χ4v) is 1.35. The highest BCUT2D eigenvalue weighted by Crippen LogP contribution is 2.01. The van der Waals surface area contributed by atoms with E-state index < -0.39 is 0 Å². The fraction of sp³-hybridized carbons (Fsp3) is 0.545. The quantitative estimate of drug-likeness (QED) is 0.774. The van der Waals surface area contributed by atoms with Crippen molar-refractivity contribution in [3.05, 3.63) is 24.0 Å². The van der Waals surface area contributed by atoms with Gasteiger partial charge in [0.15, 0.2) is 0 Å². The SMILES string of the molecule is CCN(C)C(=O)Cn1ccc(CNC)c1. The highest BCUT2D eigenvalue weighted by Gasteiger charge is 2.06. The van der Waals surface area contributed by atoms with Gasteiger partial charge in [0.2, 0.25) is 5.91 Å². The second-order valence-electron chi connectivity index (χ2n) is 3.63. The number of nitrogens with one attached hydrogen (secondary N) is 1. The molecule has 0 fully saturated rings. The van der Waals surface area contributed by atoms with Gasteiger partial charge >= 0.3 is 0 Å². The van der Waals surface area contributed by atoms with Crippen molar-refractivity contribution in [2.45, 2.75) is 20.0 Å². The Balaban J connectivity index is 2.53. The molecule has 1 N–H and O–H groups in total. The van der Waals surface area contributed by atoms with Crippen molar-refractivity contribution in [1.82, 2.24) is 14.8 Å². The zero-order valence-corrected chi connectivity index (χ0v) is 9.66. The second kappa shape index (κ2) is 5.56. The summed E-state index contributed by atoms with van der Waals surface area (Å²) in [5, 5.41) is 3.08. The first-order valence-corrected chi connectivity index (χ1v) is 5.20. The summed E-state index contributed by atoms with van der Waals surface area (Å²) in [6.45, 7) is 3.99. The number of carbonyl (C=O) groups is 1. The van der Waals surface area contributed by atoms with Crippen LogP contribution in [0.5, 0.6) is 0 Å². The summed E-state index contributed by atoms with van der Waals surface area (Å²) in [7, 11) is 3.73. The summed E-state index contributed by atoms with van der Waals surface area (Å²) in [6, 6.07) is 2.02. The average Bonchev–Trinajstić information content (AvgIpc) is 2.65. The predicted molar refractivity (Wildman–Crippen MR) is 60.5 cm³/mol. The molecule has 1 heterocycles. The molecular weight excluding hydrogens is 190 g/mol. The fourth-order valence-electron chi connectivity index (χ4n) is 1.35. The monoisotopic (exact) mass is 209 g/mol. The van der Waals surface area contributed by atoms with E-state index in [2.05, 4.69) is 5.32 Å². The third-order valence-electron chi connectivity index (χ3n) is 2.41. The summed E-state index contributed by atoms with van der Waals surface area (Å²) in [6.07, 6.45) is 3.94. The second-order valence-corrected chi connectivity index (χ2v) is 3.63. The summed E-state index contributed by atoms with van der Waals surface area (Å²) < 4.78 is 1.92. The Morgan fingerprint density at radius 1 is 1.60 bits per heavy atom. The van der Waals surface area contributed by atoms with Crippen LogP contribution in [0.15, 0.2) is 18.5 Å². The lowest BCUT2D eigenvalue weighted by molar-refractivity contribution is -0.130. The summed E-state index contributed by atoms with van der Waals surface area (Å²) in [4.78, 5) is 13.3. The van der Waals surface area contributed by atoms with E-state index in [9.17, 15) is 4.79 Å². The Hall–Kier alpha value is -1.29. The van der Waals surface area contributed by atoms with Crippen molar-refractivity contribution in [1.29, 1.82) is 0 Å². The molecule has 0 spiro atoms. The lowest BCUT2D eigenvalue weighted by atomic mass is 10.3. The van der Waals surface area contributed by atoms with Crippen molar-refractivity contribution in [3.63, 3.8) is 0 Å². The van der Waals surface area contributed by atoms with E-state index >= 15 is 0 Å². The molecule has 0 unspecified atom stereocenters. The molecular formula is C11H19N3O. The van der Waals surface area contributed by atoms with Crippen LogP contribution in [-0.4, -0.2) is 36.0 Å². The van der Waals surface area contributed by atoms with Gasteiger partial charge in [-0.3, -0.25) is 4.79 Å². The van der Waals surface area contributed by atoms with E-state index in [1.165, 1.54) is 5.56 Å². The van der Waals surface area contributed by atoms with Crippen molar-refractivity contribution >= 4 is 5.91 Å². The molecule has 0 bridgehead atoms. The van der Waals surface area contributed by atoms with Gasteiger partial charge in [0.05, 0.1) is 0 Å². The van der Waals surface area contributed by atoms with Crippen LogP contribution < -0.4 is 5.32 Å². The maximum atomic E-state index is 11.6. The molecule has 1 amide bonds. The van der Waals surface area contributed by atoms with E-state index in [1.807, 2.05) is 44.0 Å². The van der Waals surface area contributed by atoms with Crippen LogP contribution in [0, 0.1) is 0 Å². The van der Waals surface area contributed by atoms with Gasteiger partial charge in [-0.15, -0.1) is 0 Å². The third kappa shape index (κ3) is 3.40. The molecule has 0 aliphatic heterocycles. The van der Waals surface area contributed by atoms with E-state index in [-0.39, 0.29) is 5.91 Å². The molecule has 1 aromatic heterocycles. The lowest BCUT2D eigenvalue weighted by Gasteiger charge is -2.14. The number of carbonyl (C=O) groups excluding carboxylic acids is 1. The molecule has 0 atom stereocenters. The van der Waals surface area contributed by atoms with Gasteiger partial charge < -0.3 is 14.8 Å². The highest BCUT2D eigenvalue weighted by molar-refractivity contribution is 5.75. The first-order chi connectivity index (χ1) is 7.17. The summed E-state index contributed by atoms with van der Waals surface area (Å²) in [5.41, 5.74) is 1.20. The number of hydrogen-bond acceptors (Lipinski definition) is 2. The number of rotatable bonds is 5. The molecule has 84 valence electrons.